The van der Waals surface area contributed by atoms with E-state index in [-0.39, 0.29) is 6.61 Å². The van der Waals surface area contributed by atoms with E-state index in [1.807, 2.05) is 0 Å². The Labute approximate surface area is 118 Å². The van der Waals surface area contributed by atoms with Gasteiger partial charge in [0.05, 0.1) is 0 Å². The van der Waals surface area contributed by atoms with E-state index in [9.17, 15) is 9.59 Å². The molecule has 6 heteroatoms. The average molecular weight is 282 g/mol. The van der Waals surface area contributed by atoms with Crippen LogP contribution >= 0.6 is 0 Å². The maximum atomic E-state index is 11.0. The number of methoxy groups -OCH3 is 1. The molecule has 0 fully saturated rings. The lowest BCUT2D eigenvalue weighted by atomic mass is 10.1. The van der Waals surface area contributed by atoms with Crippen LogP contribution in [0.1, 0.15) is 13.8 Å². The molecule has 0 aromatic heterocycles. The Bertz CT molecular complexity index is 431. The van der Waals surface area contributed by atoms with Gasteiger partial charge in [0.25, 0.3) is 0 Å². The summed E-state index contributed by atoms with van der Waals surface area (Å²) in [4.78, 5) is 21.9. The monoisotopic (exact) mass is 282 g/mol. The highest BCUT2D eigenvalue weighted by Crippen LogP contribution is 2.16. The Balaban J connectivity index is 2.69. The Morgan fingerprint density at radius 3 is 2.60 bits per heavy atom. The first-order valence-electron chi connectivity index (χ1n) is 6.14. The van der Waals surface area contributed by atoms with Crippen LogP contribution in [0.2, 0.25) is 0 Å². The van der Waals surface area contributed by atoms with Gasteiger partial charge in [-0.2, -0.15) is 0 Å². The largest absolute Gasteiger partial charge is 0.463 e. The molecule has 3 atom stereocenters. The molecule has 0 radical (unpaired) electrons. The van der Waals surface area contributed by atoms with Crippen LogP contribution in [0.3, 0.4) is 0 Å². The van der Waals surface area contributed by atoms with Crippen LogP contribution in [-0.2, 0) is 28.5 Å². The number of ether oxygens (including phenoxy) is 4. The zero-order chi connectivity index (χ0) is 15.0. The first-order valence-corrected chi connectivity index (χ1v) is 6.14. The van der Waals surface area contributed by atoms with Gasteiger partial charge < -0.3 is 18.9 Å². The Morgan fingerprint density at radius 2 is 2.00 bits per heavy atom. The molecule has 0 unspecified atom stereocenters. The molecule has 0 aromatic carbocycles. The lowest BCUT2D eigenvalue weighted by Gasteiger charge is -2.29. The van der Waals surface area contributed by atoms with E-state index >= 15 is 0 Å². The van der Waals surface area contributed by atoms with Gasteiger partial charge in [0.2, 0.25) is 0 Å². The minimum atomic E-state index is -0.590. The second-order valence-electron chi connectivity index (χ2n) is 4.11. The molecule has 0 N–H and O–H groups in total. The summed E-state index contributed by atoms with van der Waals surface area (Å²) < 4.78 is 20.4. The van der Waals surface area contributed by atoms with E-state index in [2.05, 4.69) is 11.8 Å². The highest BCUT2D eigenvalue weighted by Gasteiger charge is 2.29. The van der Waals surface area contributed by atoms with Gasteiger partial charge in [-0.1, -0.05) is 11.8 Å². The maximum absolute atomic E-state index is 11.0. The Hall–Kier alpha value is -1.84. The molecule has 1 aliphatic heterocycles. The average Bonchev–Trinajstić information content (AvgIpc) is 2.38. The molecule has 0 saturated heterocycles. The van der Waals surface area contributed by atoms with Gasteiger partial charge in [-0.25, -0.2) is 0 Å². The molecule has 0 amide bonds. The molecular formula is C14H18O6. The van der Waals surface area contributed by atoms with Gasteiger partial charge >= 0.3 is 11.9 Å². The zero-order valence-electron chi connectivity index (χ0n) is 11.8. The third-order valence-electron chi connectivity index (χ3n) is 2.38. The fourth-order valence-corrected chi connectivity index (χ4v) is 1.58. The summed E-state index contributed by atoms with van der Waals surface area (Å²) in [7, 11) is 1.55. The zero-order valence-corrected chi connectivity index (χ0v) is 11.8. The van der Waals surface area contributed by atoms with E-state index in [0.717, 1.165) is 0 Å². The van der Waals surface area contributed by atoms with E-state index in [4.69, 9.17) is 18.9 Å². The third-order valence-corrected chi connectivity index (χ3v) is 2.38. The molecule has 0 saturated carbocycles. The molecule has 0 spiro atoms. The van der Waals surface area contributed by atoms with Crippen LogP contribution in [0.5, 0.6) is 0 Å². The fourth-order valence-electron chi connectivity index (χ4n) is 1.58. The van der Waals surface area contributed by atoms with Crippen molar-refractivity contribution in [3.8, 4) is 11.8 Å². The van der Waals surface area contributed by atoms with Crippen molar-refractivity contribution < 1.29 is 28.5 Å². The molecule has 110 valence electrons. The van der Waals surface area contributed by atoms with Crippen LogP contribution in [-0.4, -0.2) is 50.6 Å². The number of hydrogen-bond acceptors (Lipinski definition) is 6. The summed E-state index contributed by atoms with van der Waals surface area (Å²) in [5, 5.41) is 0. The highest BCUT2D eigenvalue weighted by atomic mass is 16.6. The summed E-state index contributed by atoms with van der Waals surface area (Å²) in [6.45, 7) is 2.91. The first kappa shape index (κ1) is 16.2. The molecule has 6 nitrogen and oxygen atoms in total. The second-order valence-corrected chi connectivity index (χ2v) is 4.11. The normalized spacial score (nSPS) is 24.4. The summed E-state index contributed by atoms with van der Waals surface area (Å²) >= 11 is 0. The van der Waals surface area contributed by atoms with Gasteiger partial charge in [0, 0.05) is 21.0 Å². The van der Waals surface area contributed by atoms with Crippen molar-refractivity contribution >= 4 is 11.9 Å². The molecule has 20 heavy (non-hydrogen) atoms. The van der Waals surface area contributed by atoms with Gasteiger partial charge in [-0.15, -0.1) is 0 Å². The minimum Gasteiger partial charge on any atom is -0.463 e. The van der Waals surface area contributed by atoms with Crippen molar-refractivity contribution in [1.82, 2.24) is 0 Å². The highest BCUT2D eigenvalue weighted by molar-refractivity contribution is 5.66. The van der Waals surface area contributed by atoms with Crippen LogP contribution in [0.15, 0.2) is 12.2 Å². The number of hydrogen-bond donors (Lipinski definition) is 0. The van der Waals surface area contributed by atoms with Crippen LogP contribution in [0.4, 0.5) is 0 Å². The lowest BCUT2D eigenvalue weighted by Crippen LogP contribution is -2.41. The van der Waals surface area contributed by atoms with Crippen molar-refractivity contribution in [2.24, 2.45) is 0 Å². The van der Waals surface area contributed by atoms with Crippen molar-refractivity contribution in [3.63, 3.8) is 0 Å². The van der Waals surface area contributed by atoms with Crippen molar-refractivity contribution in [2.75, 3.05) is 20.3 Å². The molecule has 0 aromatic rings. The van der Waals surface area contributed by atoms with Gasteiger partial charge in [-0.05, 0) is 12.2 Å². The molecule has 1 aliphatic rings. The fraction of sp³-hybridized carbons (Fsp3) is 0.571. The van der Waals surface area contributed by atoms with Crippen LogP contribution < -0.4 is 0 Å². The number of carbonyl (C=O) groups is 2. The van der Waals surface area contributed by atoms with Crippen molar-refractivity contribution in [3.05, 3.63) is 12.2 Å². The van der Waals surface area contributed by atoms with E-state index in [1.54, 1.807) is 19.3 Å². The SMILES string of the molecule is COCC#C[C@@H]1C=C[C@H](OC(C)=O)[C@@H](COC(C)=O)O1. The lowest BCUT2D eigenvalue weighted by molar-refractivity contribution is -0.161. The van der Waals surface area contributed by atoms with Gasteiger partial charge in [0.15, 0.2) is 0 Å². The van der Waals surface area contributed by atoms with Crippen molar-refractivity contribution in [2.45, 2.75) is 32.2 Å². The Morgan fingerprint density at radius 1 is 1.25 bits per heavy atom. The van der Waals surface area contributed by atoms with Crippen LogP contribution in [0.25, 0.3) is 0 Å². The maximum Gasteiger partial charge on any atom is 0.303 e. The number of rotatable bonds is 4. The molecule has 1 heterocycles. The quantitative estimate of drug-likeness (QED) is 0.424. The molecule has 0 bridgehead atoms. The molecular weight excluding hydrogens is 264 g/mol. The summed E-state index contributed by atoms with van der Waals surface area (Å²) in [5.41, 5.74) is 0. The summed E-state index contributed by atoms with van der Waals surface area (Å²) in [6, 6.07) is 0. The van der Waals surface area contributed by atoms with Gasteiger partial charge in [-0.3, -0.25) is 9.59 Å². The van der Waals surface area contributed by atoms with Gasteiger partial charge in [0.1, 0.15) is 31.5 Å². The third kappa shape index (κ3) is 5.87. The predicted octanol–water partition coefficient (Wildman–Crippen LogP) is 0.455. The Kier molecular flexibility index (Phi) is 6.77. The smallest absolute Gasteiger partial charge is 0.303 e. The number of carbonyl (C=O) groups excluding carboxylic acids is 2. The van der Waals surface area contributed by atoms with E-state index in [0.29, 0.717) is 6.61 Å². The summed E-state index contributed by atoms with van der Waals surface area (Å²) in [5.74, 6) is 4.78. The number of esters is 2. The second kappa shape index (κ2) is 8.35. The minimum absolute atomic E-state index is 0.0000772. The van der Waals surface area contributed by atoms with E-state index < -0.39 is 30.3 Å². The molecule has 1 rings (SSSR count). The standard InChI is InChI=1S/C14H18O6/c1-10(15)18-9-14-13(19-11(2)16)7-6-12(20-14)5-4-8-17-3/h6-7,12-14H,8-9H2,1-3H3/t12-,13+,14-/m1/s1. The van der Waals surface area contributed by atoms with Crippen LogP contribution in [0, 0.1) is 11.8 Å². The predicted molar refractivity (Wildman–Crippen MR) is 69.6 cm³/mol. The summed E-state index contributed by atoms with van der Waals surface area (Å²) in [6.07, 6.45) is 1.77. The molecule has 0 aliphatic carbocycles. The van der Waals surface area contributed by atoms with E-state index in [1.165, 1.54) is 13.8 Å². The van der Waals surface area contributed by atoms with Crippen molar-refractivity contribution in [1.29, 1.82) is 0 Å². The topological polar surface area (TPSA) is 71.1 Å². The first-order chi connectivity index (χ1) is 9.52.